The van der Waals surface area contributed by atoms with Gasteiger partial charge in [0.25, 0.3) is 5.91 Å². The summed E-state index contributed by atoms with van der Waals surface area (Å²) in [7, 11) is 1.32. The van der Waals surface area contributed by atoms with Crippen LogP contribution in [0, 0.1) is 0 Å². The van der Waals surface area contributed by atoms with Crippen LogP contribution in [0.1, 0.15) is 59.0 Å². The highest BCUT2D eigenvalue weighted by Gasteiger charge is 2.25. The molecule has 1 saturated heterocycles. The van der Waals surface area contributed by atoms with Gasteiger partial charge in [0.15, 0.2) is 0 Å². The standard InChI is InChI=1S/C22H27N3O3/c1-15(2)16-6-9-18(10-7-16)24-19-5-4-12-25(14-19)21(26)20-11-8-17(13-23-20)22(27)28-3/h6-11,13,15,19,24H,4-5,12,14H2,1-3H3/t19-/m1/s1. The van der Waals surface area contributed by atoms with Crippen molar-refractivity contribution in [2.24, 2.45) is 0 Å². The van der Waals surface area contributed by atoms with Crippen LogP contribution < -0.4 is 5.32 Å². The first-order chi connectivity index (χ1) is 13.5. The maximum Gasteiger partial charge on any atom is 0.339 e. The fourth-order valence-corrected chi connectivity index (χ4v) is 3.40. The summed E-state index contributed by atoms with van der Waals surface area (Å²) in [5.41, 5.74) is 3.06. The summed E-state index contributed by atoms with van der Waals surface area (Å²) in [6.07, 6.45) is 3.34. The van der Waals surface area contributed by atoms with E-state index < -0.39 is 5.97 Å². The van der Waals surface area contributed by atoms with E-state index in [0.29, 0.717) is 30.3 Å². The average Bonchev–Trinajstić information content (AvgIpc) is 2.73. The zero-order valence-corrected chi connectivity index (χ0v) is 16.6. The Kier molecular flexibility index (Phi) is 6.29. The van der Waals surface area contributed by atoms with E-state index in [9.17, 15) is 9.59 Å². The maximum atomic E-state index is 12.8. The molecule has 0 bridgehead atoms. The molecule has 1 atom stereocenters. The van der Waals surface area contributed by atoms with Crippen molar-refractivity contribution in [3.05, 3.63) is 59.4 Å². The van der Waals surface area contributed by atoms with Crippen molar-refractivity contribution >= 4 is 17.6 Å². The molecule has 6 heteroatoms. The van der Waals surface area contributed by atoms with E-state index in [0.717, 1.165) is 18.5 Å². The number of nitrogens with one attached hydrogen (secondary N) is 1. The number of hydrogen-bond acceptors (Lipinski definition) is 5. The first-order valence-corrected chi connectivity index (χ1v) is 9.68. The highest BCUT2D eigenvalue weighted by Crippen LogP contribution is 2.21. The lowest BCUT2D eigenvalue weighted by Gasteiger charge is -2.33. The van der Waals surface area contributed by atoms with Crippen LogP contribution in [0.15, 0.2) is 42.6 Å². The number of methoxy groups -OCH3 is 1. The fourth-order valence-electron chi connectivity index (χ4n) is 3.40. The van der Waals surface area contributed by atoms with Gasteiger partial charge in [-0.3, -0.25) is 9.78 Å². The molecule has 0 saturated carbocycles. The Morgan fingerprint density at radius 3 is 2.54 bits per heavy atom. The van der Waals surface area contributed by atoms with Crippen molar-refractivity contribution in [2.75, 3.05) is 25.5 Å². The van der Waals surface area contributed by atoms with E-state index in [-0.39, 0.29) is 11.9 Å². The van der Waals surface area contributed by atoms with Gasteiger partial charge in [-0.2, -0.15) is 0 Å². The molecule has 1 amide bonds. The van der Waals surface area contributed by atoms with Gasteiger partial charge in [0.05, 0.1) is 12.7 Å². The number of anilines is 1. The highest BCUT2D eigenvalue weighted by atomic mass is 16.5. The molecular formula is C22H27N3O3. The van der Waals surface area contributed by atoms with Gasteiger partial charge in [0.1, 0.15) is 5.69 Å². The molecule has 1 N–H and O–H groups in total. The van der Waals surface area contributed by atoms with Gasteiger partial charge < -0.3 is 15.0 Å². The normalized spacial score (nSPS) is 16.7. The molecule has 1 fully saturated rings. The van der Waals surface area contributed by atoms with Gasteiger partial charge in [0.2, 0.25) is 0 Å². The molecule has 1 aromatic heterocycles. The van der Waals surface area contributed by atoms with Gasteiger partial charge in [-0.15, -0.1) is 0 Å². The lowest BCUT2D eigenvalue weighted by atomic mass is 10.0. The molecule has 1 aliphatic heterocycles. The summed E-state index contributed by atoms with van der Waals surface area (Å²) in [5, 5.41) is 3.54. The van der Waals surface area contributed by atoms with Crippen LogP contribution in [0.2, 0.25) is 0 Å². The van der Waals surface area contributed by atoms with Crippen molar-refractivity contribution < 1.29 is 14.3 Å². The summed E-state index contributed by atoms with van der Waals surface area (Å²) in [5.74, 6) is -0.0646. The monoisotopic (exact) mass is 381 g/mol. The SMILES string of the molecule is COC(=O)c1ccc(C(=O)N2CCC[C@@H](Nc3ccc(C(C)C)cc3)C2)nc1. The Morgan fingerprint density at radius 1 is 1.18 bits per heavy atom. The highest BCUT2D eigenvalue weighted by molar-refractivity contribution is 5.94. The summed E-state index contributed by atoms with van der Waals surface area (Å²) in [4.78, 5) is 30.3. The van der Waals surface area contributed by atoms with E-state index in [1.807, 2.05) is 4.90 Å². The number of nitrogens with zero attached hydrogens (tertiary/aromatic N) is 2. The molecule has 0 spiro atoms. The molecule has 6 nitrogen and oxygen atoms in total. The Balaban J connectivity index is 1.62. The fraction of sp³-hybridized carbons (Fsp3) is 0.409. The second-order valence-corrected chi connectivity index (χ2v) is 7.44. The number of amides is 1. The van der Waals surface area contributed by atoms with Crippen molar-refractivity contribution in [3.63, 3.8) is 0 Å². The Morgan fingerprint density at radius 2 is 1.93 bits per heavy atom. The molecule has 3 rings (SSSR count). The van der Waals surface area contributed by atoms with Crippen molar-refractivity contribution in [1.29, 1.82) is 0 Å². The van der Waals surface area contributed by atoms with Crippen LogP contribution >= 0.6 is 0 Å². The summed E-state index contributed by atoms with van der Waals surface area (Å²) >= 11 is 0. The summed E-state index contributed by atoms with van der Waals surface area (Å²) < 4.78 is 4.66. The Bertz CT molecular complexity index is 816. The molecule has 1 aromatic carbocycles. The number of carbonyl (C=O) groups excluding carboxylic acids is 2. The van der Waals surface area contributed by atoms with E-state index >= 15 is 0 Å². The van der Waals surface area contributed by atoms with Crippen LogP contribution in [0.25, 0.3) is 0 Å². The van der Waals surface area contributed by atoms with Gasteiger partial charge in [-0.25, -0.2) is 4.79 Å². The predicted molar refractivity (Wildman–Crippen MR) is 109 cm³/mol. The van der Waals surface area contributed by atoms with Crippen molar-refractivity contribution in [3.8, 4) is 0 Å². The number of pyridine rings is 1. The molecule has 0 radical (unpaired) electrons. The minimum atomic E-state index is -0.461. The van der Waals surface area contributed by atoms with E-state index in [1.165, 1.54) is 18.9 Å². The molecule has 28 heavy (non-hydrogen) atoms. The number of ether oxygens (including phenoxy) is 1. The third kappa shape index (κ3) is 4.68. The van der Waals surface area contributed by atoms with Crippen LogP contribution in [-0.4, -0.2) is 48.0 Å². The van der Waals surface area contributed by atoms with Crippen LogP contribution in [0.3, 0.4) is 0 Å². The Labute approximate surface area is 165 Å². The average molecular weight is 381 g/mol. The number of rotatable bonds is 5. The molecule has 0 aliphatic carbocycles. The lowest BCUT2D eigenvalue weighted by molar-refractivity contribution is 0.0598. The topological polar surface area (TPSA) is 71.5 Å². The minimum Gasteiger partial charge on any atom is -0.465 e. The minimum absolute atomic E-state index is 0.113. The predicted octanol–water partition coefficient (Wildman–Crippen LogP) is 3.71. The molecule has 148 valence electrons. The number of carbonyl (C=O) groups is 2. The second-order valence-electron chi connectivity index (χ2n) is 7.44. The first kappa shape index (κ1) is 19.9. The Hall–Kier alpha value is -2.89. The number of aromatic nitrogens is 1. The third-order valence-electron chi connectivity index (χ3n) is 5.06. The van der Waals surface area contributed by atoms with E-state index in [2.05, 4.69) is 53.2 Å². The molecule has 0 unspecified atom stereocenters. The number of esters is 1. The second kappa shape index (κ2) is 8.87. The zero-order chi connectivity index (χ0) is 20.1. The van der Waals surface area contributed by atoms with Gasteiger partial charge >= 0.3 is 5.97 Å². The lowest BCUT2D eigenvalue weighted by Crippen LogP contribution is -2.45. The molecule has 1 aliphatic rings. The van der Waals surface area contributed by atoms with Crippen LogP contribution in [0.4, 0.5) is 5.69 Å². The smallest absolute Gasteiger partial charge is 0.339 e. The first-order valence-electron chi connectivity index (χ1n) is 9.68. The quantitative estimate of drug-likeness (QED) is 0.800. The van der Waals surface area contributed by atoms with Gasteiger partial charge in [-0.1, -0.05) is 26.0 Å². The molecule has 2 heterocycles. The van der Waals surface area contributed by atoms with Crippen molar-refractivity contribution in [2.45, 2.75) is 38.6 Å². The van der Waals surface area contributed by atoms with Gasteiger partial charge in [0, 0.05) is 31.0 Å². The number of hydrogen-bond donors (Lipinski definition) is 1. The van der Waals surface area contributed by atoms with E-state index in [4.69, 9.17) is 0 Å². The van der Waals surface area contributed by atoms with E-state index in [1.54, 1.807) is 12.1 Å². The van der Waals surface area contributed by atoms with Gasteiger partial charge in [-0.05, 0) is 48.6 Å². The summed E-state index contributed by atoms with van der Waals surface area (Å²) in [6, 6.07) is 11.8. The molecular weight excluding hydrogens is 354 g/mol. The van der Waals surface area contributed by atoms with Crippen LogP contribution in [-0.2, 0) is 4.74 Å². The summed E-state index contributed by atoms with van der Waals surface area (Å²) in [6.45, 7) is 5.70. The number of piperidine rings is 1. The zero-order valence-electron chi connectivity index (χ0n) is 16.6. The number of likely N-dealkylation sites (tertiary alicyclic amines) is 1. The largest absolute Gasteiger partial charge is 0.465 e. The maximum absolute atomic E-state index is 12.8. The van der Waals surface area contributed by atoms with Crippen molar-refractivity contribution in [1.82, 2.24) is 9.88 Å². The molecule has 2 aromatic rings. The van der Waals surface area contributed by atoms with Crippen LogP contribution in [0.5, 0.6) is 0 Å². The third-order valence-corrected chi connectivity index (χ3v) is 5.06. The number of benzene rings is 1.